The van der Waals surface area contributed by atoms with Crippen molar-refractivity contribution in [2.45, 2.75) is 18.4 Å². The van der Waals surface area contributed by atoms with E-state index in [2.05, 4.69) is 9.97 Å². The van der Waals surface area contributed by atoms with Crippen LogP contribution in [0.3, 0.4) is 0 Å². The van der Waals surface area contributed by atoms with Gasteiger partial charge in [-0.1, -0.05) is 18.2 Å². The Morgan fingerprint density at radius 3 is 2.86 bits per heavy atom. The predicted molar refractivity (Wildman–Crippen MR) is 85.4 cm³/mol. The van der Waals surface area contributed by atoms with E-state index < -0.39 is 0 Å². The van der Waals surface area contributed by atoms with Crippen LogP contribution in [0.1, 0.15) is 28.4 Å². The number of nitrogens with zero attached hydrogens (tertiary/aromatic N) is 2. The van der Waals surface area contributed by atoms with Gasteiger partial charge in [0.15, 0.2) is 0 Å². The number of carbonyl (C=O) groups excluding carboxylic acids is 1. The standard InChI is InChI=1S/C16H11ClN2O2S/c17-16-18-13(10-6-7-22-14(10)19-16)11-8-12(11)21-15(20)9-4-2-1-3-5-9/h1-7,11-12H,8H2. The Kier molecular flexibility index (Phi) is 3.32. The summed E-state index contributed by atoms with van der Waals surface area (Å²) in [5, 5.41) is 3.20. The molecule has 0 N–H and O–H groups in total. The van der Waals surface area contributed by atoms with Crippen molar-refractivity contribution in [2.24, 2.45) is 0 Å². The van der Waals surface area contributed by atoms with E-state index in [4.69, 9.17) is 16.3 Å². The van der Waals surface area contributed by atoms with E-state index >= 15 is 0 Å². The monoisotopic (exact) mass is 330 g/mol. The molecule has 0 bridgehead atoms. The second-order valence-electron chi connectivity index (χ2n) is 5.17. The van der Waals surface area contributed by atoms with Gasteiger partial charge in [-0.25, -0.2) is 14.8 Å². The molecule has 2 heterocycles. The van der Waals surface area contributed by atoms with Crippen LogP contribution in [-0.4, -0.2) is 22.0 Å². The van der Waals surface area contributed by atoms with Gasteiger partial charge in [-0.3, -0.25) is 0 Å². The Bertz CT molecular complexity index is 850. The minimum atomic E-state index is -0.296. The highest BCUT2D eigenvalue weighted by molar-refractivity contribution is 7.16. The fourth-order valence-electron chi connectivity index (χ4n) is 2.50. The number of fused-ring (bicyclic) bond motifs is 1. The van der Waals surface area contributed by atoms with Crippen LogP contribution in [-0.2, 0) is 4.74 Å². The van der Waals surface area contributed by atoms with Crippen LogP contribution in [0.25, 0.3) is 10.2 Å². The molecule has 2 aromatic heterocycles. The van der Waals surface area contributed by atoms with Gasteiger partial charge in [0, 0.05) is 11.3 Å². The summed E-state index contributed by atoms with van der Waals surface area (Å²) in [6.07, 6.45) is 0.637. The van der Waals surface area contributed by atoms with E-state index in [0.29, 0.717) is 5.56 Å². The molecule has 0 saturated heterocycles. The molecule has 3 aromatic rings. The number of thiophene rings is 1. The Balaban J connectivity index is 1.54. The molecule has 1 saturated carbocycles. The highest BCUT2D eigenvalue weighted by atomic mass is 35.5. The Morgan fingerprint density at radius 1 is 1.23 bits per heavy atom. The number of halogens is 1. The summed E-state index contributed by atoms with van der Waals surface area (Å²) in [6.45, 7) is 0. The smallest absolute Gasteiger partial charge is 0.338 e. The van der Waals surface area contributed by atoms with Crippen molar-refractivity contribution in [3.8, 4) is 0 Å². The SMILES string of the molecule is O=C(OC1CC1c1nc(Cl)nc2sccc12)c1ccccc1. The third-order valence-electron chi connectivity index (χ3n) is 3.68. The lowest BCUT2D eigenvalue weighted by Crippen LogP contribution is -2.08. The second-order valence-corrected chi connectivity index (χ2v) is 6.40. The average molecular weight is 331 g/mol. The molecule has 1 aliphatic carbocycles. The number of rotatable bonds is 3. The highest BCUT2D eigenvalue weighted by Gasteiger charge is 2.44. The molecule has 4 rings (SSSR count). The number of ether oxygens (including phenoxy) is 1. The number of hydrogen-bond donors (Lipinski definition) is 0. The first-order valence-corrected chi connectivity index (χ1v) is 8.15. The molecule has 0 spiro atoms. The maximum atomic E-state index is 12.1. The lowest BCUT2D eigenvalue weighted by atomic mass is 10.2. The second kappa shape index (κ2) is 5.34. The van der Waals surface area contributed by atoms with Crippen LogP contribution in [0, 0.1) is 0 Å². The summed E-state index contributed by atoms with van der Waals surface area (Å²) in [5.41, 5.74) is 1.44. The molecule has 110 valence electrons. The van der Waals surface area contributed by atoms with Gasteiger partial charge in [-0.05, 0) is 41.6 Å². The van der Waals surface area contributed by atoms with Gasteiger partial charge < -0.3 is 4.74 Å². The molecule has 6 heteroatoms. The summed E-state index contributed by atoms with van der Waals surface area (Å²) in [7, 11) is 0. The van der Waals surface area contributed by atoms with E-state index in [0.717, 1.165) is 22.3 Å². The highest BCUT2D eigenvalue weighted by Crippen LogP contribution is 2.45. The van der Waals surface area contributed by atoms with Crippen LogP contribution in [0.4, 0.5) is 0 Å². The summed E-state index contributed by atoms with van der Waals surface area (Å²) < 4.78 is 5.54. The van der Waals surface area contributed by atoms with Crippen LogP contribution >= 0.6 is 22.9 Å². The molecule has 0 amide bonds. The van der Waals surface area contributed by atoms with Crippen molar-refractivity contribution in [1.29, 1.82) is 0 Å². The number of esters is 1. The van der Waals surface area contributed by atoms with Crippen molar-refractivity contribution < 1.29 is 9.53 Å². The molecule has 4 nitrogen and oxygen atoms in total. The zero-order valence-electron chi connectivity index (χ0n) is 11.4. The molecular formula is C16H11ClN2O2S. The van der Waals surface area contributed by atoms with Gasteiger partial charge in [0.1, 0.15) is 10.9 Å². The van der Waals surface area contributed by atoms with Gasteiger partial charge in [-0.2, -0.15) is 0 Å². The fourth-order valence-corrected chi connectivity index (χ4v) is 3.50. The molecule has 2 unspecified atom stereocenters. The lowest BCUT2D eigenvalue weighted by molar-refractivity contribution is 0.0464. The summed E-state index contributed by atoms with van der Waals surface area (Å²) >= 11 is 7.51. The lowest BCUT2D eigenvalue weighted by Gasteiger charge is -2.05. The van der Waals surface area contributed by atoms with Crippen molar-refractivity contribution in [1.82, 2.24) is 9.97 Å². The maximum absolute atomic E-state index is 12.1. The Labute approximate surface area is 135 Å². The molecule has 1 aliphatic rings. The van der Waals surface area contributed by atoms with Gasteiger partial charge >= 0.3 is 5.97 Å². The third kappa shape index (κ3) is 2.46. The molecule has 1 aromatic carbocycles. The number of aromatic nitrogens is 2. The fraction of sp³-hybridized carbons (Fsp3) is 0.188. The molecule has 1 fully saturated rings. The van der Waals surface area contributed by atoms with E-state index in [1.165, 1.54) is 11.3 Å². The quantitative estimate of drug-likeness (QED) is 0.537. The van der Waals surface area contributed by atoms with E-state index in [-0.39, 0.29) is 23.3 Å². The first kappa shape index (κ1) is 13.7. The predicted octanol–water partition coefficient (Wildman–Crippen LogP) is 4.06. The summed E-state index contributed by atoms with van der Waals surface area (Å²) in [5.74, 6) is -0.194. The third-order valence-corrected chi connectivity index (χ3v) is 4.65. The largest absolute Gasteiger partial charge is 0.458 e. The number of hydrogen-bond acceptors (Lipinski definition) is 5. The molecule has 0 radical (unpaired) electrons. The molecule has 2 atom stereocenters. The van der Waals surface area contributed by atoms with E-state index in [9.17, 15) is 4.79 Å². The average Bonchev–Trinajstić information content (AvgIpc) is 3.12. The molecular weight excluding hydrogens is 320 g/mol. The van der Waals surface area contributed by atoms with Crippen molar-refractivity contribution in [3.05, 3.63) is 58.3 Å². The van der Waals surface area contributed by atoms with Gasteiger partial charge in [0.2, 0.25) is 5.28 Å². The van der Waals surface area contributed by atoms with E-state index in [1.807, 2.05) is 29.6 Å². The zero-order valence-corrected chi connectivity index (χ0v) is 13.0. The van der Waals surface area contributed by atoms with Gasteiger partial charge in [0.05, 0.1) is 11.3 Å². The van der Waals surface area contributed by atoms with Gasteiger partial charge in [-0.15, -0.1) is 11.3 Å². The first-order valence-electron chi connectivity index (χ1n) is 6.89. The van der Waals surface area contributed by atoms with Crippen molar-refractivity contribution in [2.75, 3.05) is 0 Å². The van der Waals surface area contributed by atoms with Crippen molar-refractivity contribution >= 4 is 39.1 Å². The van der Waals surface area contributed by atoms with Crippen LogP contribution in [0.2, 0.25) is 5.28 Å². The van der Waals surface area contributed by atoms with Crippen LogP contribution in [0.5, 0.6) is 0 Å². The first-order chi connectivity index (χ1) is 10.7. The Morgan fingerprint density at radius 2 is 2.05 bits per heavy atom. The minimum absolute atomic E-state index is 0.102. The van der Waals surface area contributed by atoms with E-state index in [1.54, 1.807) is 12.1 Å². The van der Waals surface area contributed by atoms with Crippen molar-refractivity contribution in [3.63, 3.8) is 0 Å². The topological polar surface area (TPSA) is 52.1 Å². The summed E-state index contributed by atoms with van der Waals surface area (Å²) in [6, 6.07) is 11.0. The number of carbonyl (C=O) groups is 1. The minimum Gasteiger partial charge on any atom is -0.458 e. The normalized spacial score (nSPS) is 20.0. The van der Waals surface area contributed by atoms with Crippen LogP contribution in [0.15, 0.2) is 41.8 Å². The zero-order chi connectivity index (χ0) is 15.1. The summed E-state index contributed by atoms with van der Waals surface area (Å²) in [4.78, 5) is 21.5. The molecule has 0 aliphatic heterocycles. The Hall–Kier alpha value is -1.98. The molecule has 22 heavy (non-hydrogen) atoms. The van der Waals surface area contributed by atoms with Gasteiger partial charge in [0.25, 0.3) is 0 Å². The number of benzene rings is 1. The van der Waals surface area contributed by atoms with Crippen LogP contribution < -0.4 is 0 Å². The maximum Gasteiger partial charge on any atom is 0.338 e.